The van der Waals surface area contributed by atoms with Crippen molar-refractivity contribution in [2.45, 2.75) is 25.7 Å². The molecule has 1 aliphatic rings. The summed E-state index contributed by atoms with van der Waals surface area (Å²) in [6.07, 6.45) is 0.704. The number of esters is 1. The highest BCUT2D eigenvalue weighted by atomic mass is 35.5. The van der Waals surface area contributed by atoms with E-state index in [0.717, 1.165) is 0 Å². The largest absolute Gasteiger partial charge is 0.469 e. The fourth-order valence-electron chi connectivity index (χ4n) is 2.20. The van der Waals surface area contributed by atoms with Gasteiger partial charge >= 0.3 is 11.9 Å². The zero-order valence-corrected chi connectivity index (χ0v) is 16.3. The van der Waals surface area contributed by atoms with Gasteiger partial charge in [0.2, 0.25) is 0 Å². The molecule has 0 atom stereocenters. The molecule has 0 unspecified atom stereocenters. The second-order valence-electron chi connectivity index (χ2n) is 5.16. The Kier molecular flexibility index (Phi) is 6.74. The minimum absolute atomic E-state index is 0.118. The van der Waals surface area contributed by atoms with Crippen molar-refractivity contribution < 1.29 is 28.8 Å². The fraction of sp³-hybridized carbons (Fsp3) is 0.333. The first kappa shape index (κ1) is 20.8. The van der Waals surface area contributed by atoms with Crippen LogP contribution < -0.4 is 0 Å². The van der Waals surface area contributed by atoms with E-state index in [-0.39, 0.29) is 49.1 Å². The van der Waals surface area contributed by atoms with E-state index in [1.807, 2.05) is 0 Å². The van der Waals surface area contributed by atoms with Crippen LogP contribution in [-0.4, -0.2) is 35.9 Å². The Morgan fingerprint density at radius 1 is 0.808 bits per heavy atom. The third-order valence-corrected chi connectivity index (χ3v) is 5.30. The number of carbonyl (C=O) groups excluding carboxylic acids is 4. The lowest BCUT2D eigenvalue weighted by molar-refractivity contribution is -0.168. The molecule has 2 rings (SSSR count). The van der Waals surface area contributed by atoms with Crippen LogP contribution in [0.5, 0.6) is 0 Å². The number of nitrogens with zero attached hydrogens (tertiary/aromatic N) is 1. The summed E-state index contributed by atoms with van der Waals surface area (Å²) in [4.78, 5) is 52.4. The predicted molar refractivity (Wildman–Crippen MR) is 93.6 cm³/mol. The summed E-state index contributed by atoms with van der Waals surface area (Å²) in [5.41, 5.74) is -0.566. The maximum Gasteiger partial charge on any atom is 0.333 e. The molecule has 0 spiro atoms. The van der Waals surface area contributed by atoms with Crippen molar-refractivity contribution in [2.24, 2.45) is 0 Å². The number of ether oxygens (including phenoxy) is 1. The molecule has 0 aromatic heterocycles. The smallest absolute Gasteiger partial charge is 0.333 e. The summed E-state index contributed by atoms with van der Waals surface area (Å²) < 4.78 is 4.47. The topological polar surface area (TPSA) is 90.0 Å². The highest BCUT2D eigenvalue weighted by Crippen LogP contribution is 2.44. The molecule has 2 amide bonds. The van der Waals surface area contributed by atoms with Gasteiger partial charge in [0, 0.05) is 12.8 Å². The number of hydroxylamine groups is 2. The molecule has 26 heavy (non-hydrogen) atoms. The quantitative estimate of drug-likeness (QED) is 0.216. The minimum Gasteiger partial charge on any atom is -0.469 e. The minimum atomic E-state index is -0.974. The van der Waals surface area contributed by atoms with Crippen LogP contribution >= 0.6 is 46.4 Å². The Hall–Kier alpha value is -1.54. The van der Waals surface area contributed by atoms with Gasteiger partial charge in [0.25, 0.3) is 11.8 Å². The van der Waals surface area contributed by atoms with E-state index in [1.165, 1.54) is 7.11 Å². The number of benzene rings is 1. The summed E-state index contributed by atoms with van der Waals surface area (Å²) in [6, 6.07) is 0. The molecule has 0 aliphatic carbocycles. The molecule has 0 bridgehead atoms. The lowest BCUT2D eigenvalue weighted by atomic mass is 10.1. The van der Waals surface area contributed by atoms with Crippen molar-refractivity contribution in [3.63, 3.8) is 0 Å². The van der Waals surface area contributed by atoms with Crippen molar-refractivity contribution in [2.75, 3.05) is 7.11 Å². The average Bonchev–Trinajstić information content (AvgIpc) is 2.86. The summed E-state index contributed by atoms with van der Waals surface area (Å²) >= 11 is 23.7. The van der Waals surface area contributed by atoms with Crippen LogP contribution in [0.2, 0.25) is 20.1 Å². The van der Waals surface area contributed by atoms with Gasteiger partial charge in [0.05, 0.1) is 38.3 Å². The second kappa shape index (κ2) is 8.43. The maximum atomic E-state index is 12.4. The number of unbranched alkanes of at least 4 members (excludes halogenated alkanes) is 1. The number of hydrogen-bond acceptors (Lipinski definition) is 6. The Morgan fingerprint density at radius 2 is 1.23 bits per heavy atom. The van der Waals surface area contributed by atoms with Gasteiger partial charge in [-0.3, -0.25) is 14.4 Å². The lowest BCUT2D eigenvalue weighted by Crippen LogP contribution is -2.32. The van der Waals surface area contributed by atoms with E-state index in [0.29, 0.717) is 12.8 Å². The number of halogens is 4. The van der Waals surface area contributed by atoms with E-state index in [4.69, 9.17) is 51.2 Å². The van der Waals surface area contributed by atoms with E-state index < -0.39 is 23.8 Å². The molecule has 11 heteroatoms. The number of hydrogen-bond donors (Lipinski definition) is 0. The number of carbonyl (C=O) groups is 4. The fourth-order valence-corrected chi connectivity index (χ4v) is 3.21. The van der Waals surface area contributed by atoms with Gasteiger partial charge in [-0.1, -0.05) is 51.5 Å². The SMILES string of the molecule is COC(=O)CCCCC(=O)ON1C(=O)c2c(Cl)c(Cl)c(Cl)c(Cl)c2C1=O. The number of imide groups is 1. The normalized spacial score (nSPS) is 13.0. The van der Waals surface area contributed by atoms with E-state index in [2.05, 4.69) is 4.74 Å². The zero-order valence-electron chi connectivity index (χ0n) is 13.2. The van der Waals surface area contributed by atoms with Crippen LogP contribution in [-0.2, 0) is 19.2 Å². The summed E-state index contributed by atoms with van der Waals surface area (Å²) in [7, 11) is 1.26. The molecular weight excluding hydrogens is 432 g/mol. The van der Waals surface area contributed by atoms with Crippen molar-refractivity contribution in [1.29, 1.82) is 0 Å². The van der Waals surface area contributed by atoms with Crippen molar-refractivity contribution in [1.82, 2.24) is 5.06 Å². The number of amides is 2. The van der Waals surface area contributed by atoms with Crippen molar-refractivity contribution in [3.05, 3.63) is 31.2 Å². The molecule has 0 saturated heterocycles. The Bertz CT molecular complexity index is 763. The summed E-state index contributed by atoms with van der Waals surface area (Å²) in [5.74, 6) is -3.19. The first-order chi connectivity index (χ1) is 12.2. The van der Waals surface area contributed by atoms with Crippen LogP contribution in [0, 0.1) is 0 Å². The number of rotatable bonds is 6. The predicted octanol–water partition coefficient (Wildman–Crippen LogP) is 4.09. The lowest BCUT2D eigenvalue weighted by Gasteiger charge is -2.12. The standard InChI is InChI=1S/C15H11Cl4NO6/c1-25-6(21)4-2-3-5-7(22)26-20-14(23)8-9(15(20)24)11(17)13(19)12(18)10(8)16/h2-5H2,1H3. The van der Waals surface area contributed by atoms with Gasteiger partial charge in [-0.15, -0.1) is 0 Å². The van der Waals surface area contributed by atoms with Gasteiger partial charge < -0.3 is 9.57 Å². The highest BCUT2D eigenvalue weighted by molar-refractivity contribution is 6.55. The third-order valence-electron chi connectivity index (χ3n) is 3.50. The van der Waals surface area contributed by atoms with E-state index in [1.54, 1.807) is 0 Å². The molecule has 140 valence electrons. The van der Waals surface area contributed by atoms with Crippen LogP contribution in [0.15, 0.2) is 0 Å². The van der Waals surface area contributed by atoms with Gasteiger partial charge in [0.15, 0.2) is 0 Å². The Morgan fingerprint density at radius 3 is 1.65 bits per heavy atom. The molecule has 1 aliphatic heterocycles. The Labute approximate surface area is 168 Å². The number of methoxy groups -OCH3 is 1. The first-order valence-electron chi connectivity index (χ1n) is 7.23. The molecular formula is C15H11Cl4NO6. The van der Waals surface area contributed by atoms with Gasteiger partial charge in [-0.25, -0.2) is 4.79 Å². The van der Waals surface area contributed by atoms with Gasteiger partial charge in [0.1, 0.15) is 0 Å². The molecule has 0 N–H and O–H groups in total. The average molecular weight is 443 g/mol. The summed E-state index contributed by atoms with van der Waals surface area (Å²) in [6.45, 7) is 0. The second-order valence-corrected chi connectivity index (χ2v) is 6.67. The highest BCUT2D eigenvalue weighted by Gasteiger charge is 2.44. The van der Waals surface area contributed by atoms with Crippen LogP contribution in [0.3, 0.4) is 0 Å². The molecule has 0 radical (unpaired) electrons. The first-order valence-corrected chi connectivity index (χ1v) is 8.74. The van der Waals surface area contributed by atoms with E-state index in [9.17, 15) is 19.2 Å². The van der Waals surface area contributed by atoms with Crippen LogP contribution in [0.4, 0.5) is 0 Å². The van der Waals surface area contributed by atoms with Crippen LogP contribution in [0.25, 0.3) is 0 Å². The maximum absolute atomic E-state index is 12.4. The van der Waals surface area contributed by atoms with Crippen LogP contribution in [0.1, 0.15) is 46.4 Å². The van der Waals surface area contributed by atoms with Gasteiger partial charge in [-0.2, -0.15) is 0 Å². The molecule has 0 saturated carbocycles. The molecule has 0 fully saturated rings. The summed E-state index contributed by atoms with van der Waals surface area (Å²) in [5, 5.41) is -0.627. The molecule has 1 heterocycles. The van der Waals surface area contributed by atoms with Gasteiger partial charge in [-0.05, 0) is 12.8 Å². The van der Waals surface area contributed by atoms with Crippen molar-refractivity contribution in [3.8, 4) is 0 Å². The molecule has 1 aromatic carbocycles. The Balaban J connectivity index is 2.09. The van der Waals surface area contributed by atoms with Crippen molar-refractivity contribution >= 4 is 70.2 Å². The third kappa shape index (κ3) is 3.91. The zero-order chi connectivity index (χ0) is 19.6. The monoisotopic (exact) mass is 441 g/mol. The molecule has 1 aromatic rings. The number of fused-ring (bicyclic) bond motifs is 1. The molecule has 7 nitrogen and oxygen atoms in total. The van der Waals surface area contributed by atoms with E-state index >= 15 is 0 Å².